The number of fused-ring (bicyclic) bond motifs is 1. The van der Waals surface area contributed by atoms with E-state index in [2.05, 4.69) is 28.9 Å². The molecule has 1 saturated carbocycles. The lowest BCUT2D eigenvalue weighted by molar-refractivity contribution is -0.179. The maximum atomic E-state index is 13.9. The van der Waals surface area contributed by atoms with Crippen LogP contribution in [0.4, 0.5) is 13.2 Å². The van der Waals surface area contributed by atoms with Crippen molar-refractivity contribution in [1.29, 1.82) is 0 Å². The molecule has 3 N–H and O–H groups in total. The summed E-state index contributed by atoms with van der Waals surface area (Å²) < 4.78 is 43.1. The van der Waals surface area contributed by atoms with Gasteiger partial charge in [0, 0.05) is 43.6 Å². The fourth-order valence-corrected chi connectivity index (χ4v) is 4.39. The minimum absolute atomic E-state index is 0.0665. The van der Waals surface area contributed by atoms with E-state index in [1.807, 2.05) is 0 Å². The van der Waals surface area contributed by atoms with Gasteiger partial charge in [-0.05, 0) is 31.2 Å². The summed E-state index contributed by atoms with van der Waals surface area (Å²) in [6, 6.07) is -0.337. The van der Waals surface area contributed by atoms with E-state index in [9.17, 15) is 18.0 Å². The first-order valence-corrected chi connectivity index (χ1v) is 10.6. The number of alkyl halides is 3. The minimum atomic E-state index is -4.51. The maximum Gasteiger partial charge on any atom is 0.408 e. The molecule has 3 unspecified atom stereocenters. The van der Waals surface area contributed by atoms with Gasteiger partial charge in [-0.1, -0.05) is 13.5 Å². The molecule has 1 aromatic heterocycles. The van der Waals surface area contributed by atoms with Crippen LogP contribution in [0.3, 0.4) is 0 Å². The number of allylic oxidation sites excluding steroid dienone is 1. The van der Waals surface area contributed by atoms with Gasteiger partial charge in [-0.2, -0.15) is 23.3 Å². The Morgan fingerprint density at radius 2 is 2.16 bits per heavy atom. The molecule has 0 radical (unpaired) electrons. The largest absolute Gasteiger partial charge is 0.408 e. The third-order valence-electron chi connectivity index (χ3n) is 6.79. The van der Waals surface area contributed by atoms with Gasteiger partial charge in [0.15, 0.2) is 5.78 Å². The second-order valence-electron chi connectivity index (χ2n) is 8.85. The molecule has 174 valence electrons. The van der Waals surface area contributed by atoms with Crippen molar-refractivity contribution in [3.05, 3.63) is 42.1 Å². The van der Waals surface area contributed by atoms with Crippen molar-refractivity contribution >= 4 is 11.7 Å². The zero-order chi connectivity index (χ0) is 23.3. The molecule has 0 amide bonds. The normalized spacial score (nSPS) is 28.0. The van der Waals surface area contributed by atoms with Crippen molar-refractivity contribution in [3.8, 4) is 0 Å². The van der Waals surface area contributed by atoms with Crippen LogP contribution < -0.4 is 11.1 Å². The van der Waals surface area contributed by atoms with E-state index in [0.717, 1.165) is 17.7 Å². The SMILES string of the molecule is C=C1C=C(NCC2(N)CCC2C)N=C2N1CCC(C(F)(F)F)N2CC(=O)c1ccnn1C. The standard InChI is InChI=1S/C21H28F3N7O/c1-13-4-7-20(13,25)12-26-18-10-14(2)30-9-6-17(21(22,23)24)31(19(30)28-18)11-16(32)15-5-8-27-29(15)3/h5,8,10,13,17,26H,2,4,6-7,9,11-12,25H2,1,3H3. The first-order valence-electron chi connectivity index (χ1n) is 10.6. The van der Waals surface area contributed by atoms with Gasteiger partial charge < -0.3 is 20.9 Å². The Morgan fingerprint density at radius 1 is 1.41 bits per heavy atom. The number of ketones is 1. The Labute approximate surface area is 184 Å². The van der Waals surface area contributed by atoms with Gasteiger partial charge in [0.1, 0.15) is 17.6 Å². The molecule has 0 spiro atoms. The van der Waals surface area contributed by atoms with Crippen LogP contribution in [0, 0.1) is 5.92 Å². The van der Waals surface area contributed by atoms with E-state index in [-0.39, 0.29) is 30.2 Å². The van der Waals surface area contributed by atoms with Crippen molar-refractivity contribution in [2.24, 2.45) is 23.7 Å². The molecule has 3 atom stereocenters. The summed E-state index contributed by atoms with van der Waals surface area (Å²) >= 11 is 0. The van der Waals surface area contributed by atoms with Gasteiger partial charge in [0.2, 0.25) is 5.96 Å². The lowest BCUT2D eigenvalue weighted by Gasteiger charge is -2.47. The lowest BCUT2D eigenvalue weighted by Crippen LogP contribution is -2.62. The summed E-state index contributed by atoms with van der Waals surface area (Å²) in [6.07, 6.45) is 0.348. The number of halogens is 3. The lowest BCUT2D eigenvalue weighted by atomic mass is 9.68. The second-order valence-corrected chi connectivity index (χ2v) is 8.85. The Balaban J connectivity index is 1.61. The zero-order valence-corrected chi connectivity index (χ0v) is 18.2. The number of hydrogen-bond acceptors (Lipinski definition) is 7. The third-order valence-corrected chi connectivity index (χ3v) is 6.79. The molecule has 32 heavy (non-hydrogen) atoms. The number of nitrogens with zero attached hydrogens (tertiary/aromatic N) is 5. The summed E-state index contributed by atoms with van der Waals surface area (Å²) in [5.74, 6) is 0.342. The minimum Gasteiger partial charge on any atom is -0.368 e. The molecular formula is C21H28F3N7O. The highest BCUT2D eigenvalue weighted by Crippen LogP contribution is 2.36. The van der Waals surface area contributed by atoms with Crippen molar-refractivity contribution < 1.29 is 18.0 Å². The van der Waals surface area contributed by atoms with E-state index in [0.29, 0.717) is 24.0 Å². The maximum absolute atomic E-state index is 13.9. The molecule has 1 aliphatic carbocycles. The van der Waals surface area contributed by atoms with Gasteiger partial charge in [-0.3, -0.25) is 9.48 Å². The number of guanidine groups is 1. The highest BCUT2D eigenvalue weighted by molar-refractivity contribution is 5.99. The van der Waals surface area contributed by atoms with Crippen LogP contribution >= 0.6 is 0 Å². The van der Waals surface area contributed by atoms with Crippen LogP contribution in [0.5, 0.6) is 0 Å². The molecule has 4 rings (SSSR count). The Hall–Kier alpha value is -2.82. The van der Waals surface area contributed by atoms with Crippen molar-refractivity contribution in [1.82, 2.24) is 24.9 Å². The monoisotopic (exact) mass is 451 g/mol. The average molecular weight is 451 g/mol. The number of nitrogens with one attached hydrogen (secondary N) is 1. The Bertz CT molecular complexity index is 982. The number of carbonyl (C=O) groups is 1. The number of aromatic nitrogens is 2. The highest BCUT2D eigenvalue weighted by Gasteiger charge is 2.49. The predicted octanol–water partition coefficient (Wildman–Crippen LogP) is 1.98. The number of aryl methyl sites for hydroxylation is 1. The van der Waals surface area contributed by atoms with E-state index in [4.69, 9.17) is 5.73 Å². The number of aliphatic imine (C=N–C) groups is 1. The molecule has 2 fully saturated rings. The zero-order valence-electron chi connectivity index (χ0n) is 18.2. The molecule has 3 aliphatic rings. The number of nitrogens with two attached hydrogens (primary N) is 1. The molecule has 0 bridgehead atoms. The van der Waals surface area contributed by atoms with Crippen LogP contribution in [-0.4, -0.2) is 68.7 Å². The van der Waals surface area contributed by atoms with Gasteiger partial charge in [0.05, 0.1) is 6.54 Å². The smallest absolute Gasteiger partial charge is 0.368 e. The van der Waals surface area contributed by atoms with Crippen LogP contribution in [0.25, 0.3) is 0 Å². The fourth-order valence-electron chi connectivity index (χ4n) is 4.39. The molecule has 1 saturated heterocycles. The molecular weight excluding hydrogens is 423 g/mol. The quantitative estimate of drug-likeness (QED) is 0.643. The molecule has 11 heteroatoms. The second kappa shape index (κ2) is 7.95. The van der Waals surface area contributed by atoms with E-state index in [1.54, 1.807) is 18.0 Å². The number of carbonyl (C=O) groups excluding carboxylic acids is 1. The van der Waals surface area contributed by atoms with Crippen LogP contribution in [-0.2, 0) is 7.05 Å². The first kappa shape index (κ1) is 22.4. The van der Waals surface area contributed by atoms with E-state index < -0.39 is 24.5 Å². The summed E-state index contributed by atoms with van der Waals surface area (Å²) in [5, 5.41) is 7.12. The van der Waals surface area contributed by atoms with Gasteiger partial charge in [-0.15, -0.1) is 0 Å². The van der Waals surface area contributed by atoms with Crippen LogP contribution in [0.2, 0.25) is 0 Å². The van der Waals surface area contributed by atoms with Crippen LogP contribution in [0.15, 0.2) is 41.4 Å². The molecule has 8 nitrogen and oxygen atoms in total. The summed E-state index contributed by atoms with van der Waals surface area (Å²) in [4.78, 5) is 20.0. The van der Waals surface area contributed by atoms with Gasteiger partial charge in [0.25, 0.3) is 0 Å². The van der Waals surface area contributed by atoms with Crippen molar-refractivity contribution in [2.75, 3.05) is 19.6 Å². The predicted molar refractivity (Wildman–Crippen MR) is 113 cm³/mol. The van der Waals surface area contributed by atoms with Gasteiger partial charge >= 0.3 is 6.18 Å². The summed E-state index contributed by atoms with van der Waals surface area (Å²) in [6.45, 7) is 6.17. The topological polar surface area (TPSA) is 91.8 Å². The Morgan fingerprint density at radius 3 is 2.72 bits per heavy atom. The molecule has 2 aliphatic heterocycles. The van der Waals surface area contributed by atoms with Gasteiger partial charge in [-0.25, -0.2) is 0 Å². The number of Topliss-reactive ketones (excluding diaryl/α,β-unsaturated/α-hetero) is 1. The van der Waals surface area contributed by atoms with E-state index >= 15 is 0 Å². The first-order chi connectivity index (χ1) is 15.0. The van der Waals surface area contributed by atoms with Crippen LogP contribution in [0.1, 0.15) is 36.7 Å². The van der Waals surface area contributed by atoms with E-state index in [1.165, 1.54) is 16.9 Å². The van der Waals surface area contributed by atoms with Crippen molar-refractivity contribution in [3.63, 3.8) is 0 Å². The van der Waals surface area contributed by atoms with Crippen molar-refractivity contribution in [2.45, 2.75) is 43.9 Å². The molecule has 1 aromatic rings. The number of rotatable bonds is 6. The third kappa shape index (κ3) is 4.01. The Kier molecular flexibility index (Phi) is 5.56. The summed E-state index contributed by atoms with van der Waals surface area (Å²) in [7, 11) is 1.58. The summed E-state index contributed by atoms with van der Waals surface area (Å²) in [5.41, 5.74) is 6.77. The molecule has 0 aromatic carbocycles. The molecule has 3 heterocycles. The highest BCUT2D eigenvalue weighted by atomic mass is 19.4. The number of hydrogen-bond donors (Lipinski definition) is 2. The average Bonchev–Trinajstić information content (AvgIpc) is 3.16. The fraction of sp³-hybridized carbons (Fsp3) is 0.571.